The fourth-order valence-corrected chi connectivity index (χ4v) is 7.20. The highest BCUT2D eigenvalue weighted by Gasteiger charge is 2.52. The molecule has 12 heteroatoms. The predicted octanol–water partition coefficient (Wildman–Crippen LogP) is 6.41. The summed E-state index contributed by atoms with van der Waals surface area (Å²) in [5.74, 6) is -0.0654. The Morgan fingerprint density at radius 1 is 0.712 bits per heavy atom. The van der Waals surface area contributed by atoms with Gasteiger partial charge < -0.3 is 24.3 Å². The van der Waals surface area contributed by atoms with Crippen LogP contribution in [0.1, 0.15) is 75.8 Å². The third kappa shape index (κ3) is 6.85. The largest absolute Gasteiger partial charge is 0.459 e. The average molecular weight is 702 g/mol. The number of hydrogen-bond donors (Lipinski definition) is 1. The van der Waals surface area contributed by atoms with E-state index in [9.17, 15) is 14.4 Å². The van der Waals surface area contributed by atoms with Gasteiger partial charge >= 0.3 is 17.9 Å². The van der Waals surface area contributed by atoms with Gasteiger partial charge in [0.2, 0.25) is 0 Å². The number of imidazole rings is 1. The summed E-state index contributed by atoms with van der Waals surface area (Å²) < 4.78 is 26.2. The third-order valence-electron chi connectivity index (χ3n) is 10.4. The van der Waals surface area contributed by atoms with E-state index in [-0.39, 0.29) is 6.61 Å². The number of benzene rings is 3. The summed E-state index contributed by atoms with van der Waals surface area (Å²) in [5, 5.41) is 3.72. The highest BCUT2D eigenvalue weighted by atomic mass is 16.7. The minimum Gasteiger partial charge on any atom is -0.459 e. The zero-order chi connectivity index (χ0) is 35.4. The molecule has 1 aliphatic heterocycles. The number of anilines is 1. The van der Waals surface area contributed by atoms with Gasteiger partial charge in [0.05, 0.1) is 23.0 Å². The lowest BCUT2D eigenvalue weighted by Gasteiger charge is -2.43. The summed E-state index contributed by atoms with van der Waals surface area (Å²) in [6, 6.07) is 25.9. The molecule has 12 nitrogen and oxygen atoms in total. The predicted molar refractivity (Wildman–Crippen MR) is 189 cm³/mol. The van der Waals surface area contributed by atoms with E-state index in [4.69, 9.17) is 23.9 Å². The smallest absolute Gasteiger partial charge is 0.338 e. The minimum atomic E-state index is -1.19. The molecule has 3 heterocycles. The standard InChI is InChI=1S/C40H39N5O7/c46-38(27-12-4-1-5-13-27)49-22-30-33(51-39(47)28-14-6-2-7-15-28)34(52-40(48)29-16-8-3-9-17-29)37(50-30)45-24-43-32-35(41-23-42-36(32)45)44-31(25-18-10-19-25)26-20-11-21-26/h1-9,12-17,23-26,30-31,33-34,37H,10-11,18-22H2,(H,41,42,44)/t30-,33-,34-,37-/m1/s1. The molecule has 3 aliphatic rings. The normalized spacial score (nSPS) is 21.6. The van der Waals surface area contributed by atoms with Crippen molar-refractivity contribution in [3.63, 3.8) is 0 Å². The maximum Gasteiger partial charge on any atom is 0.338 e. The Kier molecular flexibility index (Phi) is 9.62. The lowest BCUT2D eigenvalue weighted by molar-refractivity contribution is -0.0606. The lowest BCUT2D eigenvalue weighted by Crippen LogP contribution is -2.42. The highest BCUT2D eigenvalue weighted by Crippen LogP contribution is 2.42. The van der Waals surface area contributed by atoms with Gasteiger partial charge in [0.15, 0.2) is 35.4 Å². The molecule has 1 N–H and O–H groups in total. The van der Waals surface area contributed by atoms with Crippen molar-refractivity contribution in [3.05, 3.63) is 120 Å². The molecule has 0 spiro atoms. The van der Waals surface area contributed by atoms with Crippen molar-refractivity contribution in [2.45, 2.75) is 69.1 Å². The minimum absolute atomic E-state index is 0.295. The van der Waals surface area contributed by atoms with Crippen molar-refractivity contribution in [2.24, 2.45) is 11.8 Å². The van der Waals surface area contributed by atoms with Crippen LogP contribution in [-0.4, -0.2) is 68.4 Å². The number of nitrogens with zero attached hydrogens (tertiary/aromatic N) is 4. The van der Waals surface area contributed by atoms with E-state index < -0.39 is 42.4 Å². The molecule has 1 saturated heterocycles. The molecule has 0 unspecified atom stereocenters. The molecule has 2 saturated carbocycles. The van der Waals surface area contributed by atoms with Crippen LogP contribution < -0.4 is 5.32 Å². The highest BCUT2D eigenvalue weighted by molar-refractivity contribution is 5.91. The fourth-order valence-electron chi connectivity index (χ4n) is 7.20. The number of carbonyl (C=O) groups excluding carboxylic acids is 3. The van der Waals surface area contributed by atoms with Gasteiger partial charge in [-0.1, -0.05) is 67.4 Å². The first-order valence-electron chi connectivity index (χ1n) is 17.9. The van der Waals surface area contributed by atoms with Crippen molar-refractivity contribution in [1.82, 2.24) is 19.5 Å². The zero-order valence-corrected chi connectivity index (χ0v) is 28.5. The Hall–Kier alpha value is -5.62. The Balaban J connectivity index is 1.14. The summed E-state index contributed by atoms with van der Waals surface area (Å²) in [4.78, 5) is 54.2. The molecule has 52 heavy (non-hydrogen) atoms. The van der Waals surface area contributed by atoms with E-state index in [2.05, 4.69) is 15.3 Å². The summed E-state index contributed by atoms with van der Waals surface area (Å²) >= 11 is 0. The second-order valence-corrected chi connectivity index (χ2v) is 13.6. The van der Waals surface area contributed by atoms with Crippen LogP contribution in [0.3, 0.4) is 0 Å². The first-order chi connectivity index (χ1) is 25.5. The van der Waals surface area contributed by atoms with Crippen molar-refractivity contribution in [1.29, 1.82) is 0 Å². The van der Waals surface area contributed by atoms with E-state index in [1.807, 2.05) is 0 Å². The van der Waals surface area contributed by atoms with Crippen LogP contribution in [-0.2, 0) is 18.9 Å². The van der Waals surface area contributed by atoms with Gasteiger partial charge in [-0.25, -0.2) is 29.3 Å². The molecule has 2 aromatic heterocycles. The van der Waals surface area contributed by atoms with Gasteiger partial charge in [-0.3, -0.25) is 4.57 Å². The number of carbonyl (C=O) groups is 3. The molecule has 8 rings (SSSR count). The molecule has 4 atom stereocenters. The van der Waals surface area contributed by atoms with E-state index >= 15 is 0 Å². The van der Waals surface area contributed by atoms with Crippen LogP contribution in [0.15, 0.2) is 104 Å². The number of fused-ring (bicyclic) bond motifs is 1. The van der Waals surface area contributed by atoms with Crippen molar-refractivity contribution < 1.29 is 33.3 Å². The molecule has 0 radical (unpaired) electrons. The van der Waals surface area contributed by atoms with E-state index in [1.165, 1.54) is 44.9 Å². The van der Waals surface area contributed by atoms with Gasteiger partial charge in [-0.05, 0) is 73.9 Å². The first kappa shape index (κ1) is 33.5. The van der Waals surface area contributed by atoms with E-state index in [1.54, 1.807) is 102 Å². The van der Waals surface area contributed by atoms with Crippen LogP contribution >= 0.6 is 0 Å². The van der Waals surface area contributed by atoms with E-state index in [0.717, 1.165) is 0 Å². The molecule has 266 valence electrons. The maximum atomic E-state index is 13.6. The van der Waals surface area contributed by atoms with Gasteiger partial charge in [0.25, 0.3) is 0 Å². The first-order valence-corrected chi connectivity index (χ1v) is 17.9. The third-order valence-corrected chi connectivity index (χ3v) is 10.4. The molecular formula is C40H39N5O7. The second kappa shape index (κ2) is 14.9. The molecular weight excluding hydrogens is 662 g/mol. The SMILES string of the molecule is O=C(OC[C@H]1O[C@@H](n2cnc3c(NC(C4CCC4)C4CCC4)ncnc32)[C@H](OC(=O)c2ccccc2)[C@@H]1OC(=O)c1ccccc1)c1ccccc1. The summed E-state index contributed by atoms with van der Waals surface area (Å²) in [7, 11) is 0. The summed E-state index contributed by atoms with van der Waals surface area (Å²) in [6.07, 6.45) is 5.83. The van der Waals surface area contributed by atoms with Crippen LogP contribution in [0, 0.1) is 11.8 Å². The Bertz CT molecular complexity index is 2000. The molecule has 3 aromatic carbocycles. The van der Waals surface area contributed by atoms with Crippen LogP contribution in [0.2, 0.25) is 0 Å². The number of esters is 3. The number of aromatic nitrogens is 4. The number of ether oxygens (including phenoxy) is 4. The molecule has 3 fully saturated rings. The zero-order valence-electron chi connectivity index (χ0n) is 28.5. The van der Waals surface area contributed by atoms with Crippen LogP contribution in [0.4, 0.5) is 5.82 Å². The van der Waals surface area contributed by atoms with Crippen molar-refractivity contribution in [3.8, 4) is 0 Å². The number of hydrogen-bond acceptors (Lipinski definition) is 11. The van der Waals surface area contributed by atoms with Gasteiger partial charge in [0, 0.05) is 6.04 Å². The molecule has 0 bridgehead atoms. The Morgan fingerprint density at radius 3 is 1.79 bits per heavy atom. The molecule has 0 amide bonds. The van der Waals surface area contributed by atoms with Gasteiger partial charge in [-0.2, -0.15) is 0 Å². The summed E-state index contributed by atoms with van der Waals surface area (Å²) in [5.41, 5.74) is 1.93. The Morgan fingerprint density at radius 2 is 1.25 bits per heavy atom. The monoisotopic (exact) mass is 701 g/mol. The Labute approximate surface area is 300 Å². The lowest BCUT2D eigenvalue weighted by atomic mass is 9.68. The second-order valence-electron chi connectivity index (χ2n) is 13.6. The van der Waals surface area contributed by atoms with Crippen molar-refractivity contribution >= 4 is 34.9 Å². The van der Waals surface area contributed by atoms with Gasteiger partial charge in [0.1, 0.15) is 19.0 Å². The topological polar surface area (TPSA) is 144 Å². The fraction of sp³-hybridized carbons (Fsp3) is 0.350. The average Bonchev–Trinajstić information content (AvgIpc) is 3.71. The van der Waals surface area contributed by atoms with Gasteiger partial charge in [-0.15, -0.1) is 0 Å². The molecule has 5 aromatic rings. The van der Waals surface area contributed by atoms with Crippen molar-refractivity contribution in [2.75, 3.05) is 11.9 Å². The summed E-state index contributed by atoms with van der Waals surface area (Å²) in [6.45, 7) is -0.296. The number of rotatable bonds is 12. The van der Waals surface area contributed by atoms with E-state index in [0.29, 0.717) is 51.5 Å². The molecule has 2 aliphatic carbocycles. The van der Waals surface area contributed by atoms with Crippen LogP contribution in [0.5, 0.6) is 0 Å². The van der Waals surface area contributed by atoms with Crippen LogP contribution in [0.25, 0.3) is 11.2 Å². The number of nitrogens with one attached hydrogen (secondary N) is 1. The quantitative estimate of drug-likeness (QED) is 0.114. The maximum absolute atomic E-state index is 13.6.